The summed E-state index contributed by atoms with van der Waals surface area (Å²) in [4.78, 5) is 37.6. The van der Waals surface area contributed by atoms with Gasteiger partial charge < -0.3 is 9.80 Å². The number of amides is 2. The number of nitrogens with zero attached hydrogens (tertiary/aromatic N) is 2. The fraction of sp³-hybridized carbons (Fsp3) is 0.750. The first kappa shape index (κ1) is 12.1. The van der Waals surface area contributed by atoms with E-state index in [2.05, 4.69) is 0 Å². The van der Waals surface area contributed by atoms with Crippen LogP contribution in [0.25, 0.3) is 0 Å². The number of carbonyl (C=O) groups excluding carboxylic acids is 3. The summed E-state index contributed by atoms with van der Waals surface area (Å²) < 4.78 is 0. The molecule has 1 aliphatic heterocycles. The van der Waals surface area contributed by atoms with Crippen molar-refractivity contribution in [1.29, 1.82) is 0 Å². The Morgan fingerprint density at radius 3 is 2.59 bits per heavy atom. The summed E-state index contributed by atoms with van der Waals surface area (Å²) >= 11 is 0. The van der Waals surface area contributed by atoms with Crippen molar-refractivity contribution >= 4 is 17.6 Å². The van der Waals surface area contributed by atoms with Gasteiger partial charge in [0.05, 0.1) is 13.1 Å². The minimum Gasteiger partial charge on any atom is -0.335 e. The minimum atomic E-state index is -0.0256. The first-order valence-electron chi connectivity index (χ1n) is 6.12. The molecule has 1 saturated carbocycles. The standard InChI is InChI=1S/C12H18N2O3/c1-13-7-12(17)14(8-11(13)16)6-5-9-3-2-4-10(9)15/h9H,2-8H2,1H3. The van der Waals surface area contributed by atoms with Crippen LogP contribution in [0.1, 0.15) is 25.7 Å². The Kier molecular flexibility index (Phi) is 3.45. The van der Waals surface area contributed by atoms with Gasteiger partial charge in [-0.1, -0.05) is 0 Å². The molecule has 0 aromatic rings. The van der Waals surface area contributed by atoms with Crippen LogP contribution in [-0.2, 0) is 14.4 Å². The van der Waals surface area contributed by atoms with Crippen LogP contribution in [0.15, 0.2) is 0 Å². The molecule has 17 heavy (non-hydrogen) atoms. The smallest absolute Gasteiger partial charge is 0.242 e. The summed E-state index contributed by atoms with van der Waals surface area (Å²) in [5.41, 5.74) is 0. The first-order chi connectivity index (χ1) is 8.08. The van der Waals surface area contributed by atoms with Crippen LogP contribution in [0.4, 0.5) is 0 Å². The van der Waals surface area contributed by atoms with Crippen molar-refractivity contribution in [2.75, 3.05) is 26.7 Å². The summed E-state index contributed by atoms with van der Waals surface area (Å²) in [6, 6.07) is 0. The molecule has 2 amide bonds. The Morgan fingerprint density at radius 1 is 1.18 bits per heavy atom. The second-order valence-corrected chi connectivity index (χ2v) is 4.91. The van der Waals surface area contributed by atoms with Gasteiger partial charge in [-0.15, -0.1) is 0 Å². The Hall–Kier alpha value is -1.39. The number of rotatable bonds is 3. The van der Waals surface area contributed by atoms with E-state index < -0.39 is 0 Å². The number of hydrogen-bond acceptors (Lipinski definition) is 3. The zero-order valence-electron chi connectivity index (χ0n) is 10.1. The van der Waals surface area contributed by atoms with Crippen LogP contribution in [0.3, 0.4) is 0 Å². The molecule has 5 nitrogen and oxygen atoms in total. The number of ketones is 1. The number of piperazine rings is 1. The van der Waals surface area contributed by atoms with E-state index in [0.717, 1.165) is 12.8 Å². The average molecular weight is 238 g/mol. The van der Waals surface area contributed by atoms with Gasteiger partial charge in [0, 0.05) is 25.9 Å². The van der Waals surface area contributed by atoms with Gasteiger partial charge >= 0.3 is 0 Å². The molecule has 2 aliphatic rings. The molecule has 1 heterocycles. The van der Waals surface area contributed by atoms with E-state index in [1.807, 2.05) is 0 Å². The maximum absolute atomic E-state index is 11.7. The molecule has 2 fully saturated rings. The van der Waals surface area contributed by atoms with E-state index in [4.69, 9.17) is 0 Å². The molecule has 1 unspecified atom stereocenters. The summed E-state index contributed by atoms with van der Waals surface area (Å²) in [5, 5.41) is 0. The highest BCUT2D eigenvalue weighted by molar-refractivity contribution is 5.92. The van der Waals surface area contributed by atoms with E-state index in [9.17, 15) is 14.4 Å². The predicted molar refractivity (Wildman–Crippen MR) is 61.2 cm³/mol. The molecular weight excluding hydrogens is 220 g/mol. The molecule has 0 N–H and O–H groups in total. The van der Waals surface area contributed by atoms with Crippen LogP contribution in [0.5, 0.6) is 0 Å². The molecule has 1 atom stereocenters. The molecule has 0 spiro atoms. The van der Waals surface area contributed by atoms with Gasteiger partial charge in [0.1, 0.15) is 5.78 Å². The molecule has 94 valence electrons. The number of likely N-dealkylation sites (N-methyl/N-ethyl adjacent to an activating group) is 1. The molecule has 0 aromatic carbocycles. The highest BCUT2D eigenvalue weighted by Gasteiger charge is 2.29. The molecule has 1 aliphatic carbocycles. The Balaban J connectivity index is 1.84. The maximum atomic E-state index is 11.7. The van der Waals surface area contributed by atoms with Crippen molar-refractivity contribution in [3.05, 3.63) is 0 Å². The van der Waals surface area contributed by atoms with E-state index >= 15 is 0 Å². The van der Waals surface area contributed by atoms with Crippen molar-refractivity contribution in [3.63, 3.8) is 0 Å². The van der Waals surface area contributed by atoms with E-state index in [-0.39, 0.29) is 30.8 Å². The quantitative estimate of drug-likeness (QED) is 0.698. The van der Waals surface area contributed by atoms with Gasteiger partial charge in [0.2, 0.25) is 11.8 Å². The summed E-state index contributed by atoms with van der Waals surface area (Å²) in [7, 11) is 1.64. The minimum absolute atomic E-state index is 0.0162. The fourth-order valence-electron chi connectivity index (χ4n) is 2.47. The third kappa shape index (κ3) is 2.65. The highest BCUT2D eigenvalue weighted by atomic mass is 16.2. The normalized spacial score (nSPS) is 25.9. The largest absolute Gasteiger partial charge is 0.335 e. The Labute approximate surface area is 101 Å². The summed E-state index contributed by atoms with van der Waals surface area (Å²) in [6.45, 7) is 0.864. The van der Waals surface area contributed by atoms with E-state index in [0.29, 0.717) is 25.2 Å². The predicted octanol–water partition coefficient (Wildman–Crippen LogP) is 0.0463. The lowest BCUT2D eigenvalue weighted by Gasteiger charge is -2.32. The summed E-state index contributed by atoms with van der Waals surface area (Å²) in [5.74, 6) is 0.385. The van der Waals surface area contributed by atoms with Crippen LogP contribution in [-0.4, -0.2) is 54.1 Å². The third-order valence-electron chi connectivity index (χ3n) is 3.66. The zero-order valence-corrected chi connectivity index (χ0v) is 10.1. The van der Waals surface area contributed by atoms with Crippen LogP contribution in [0, 0.1) is 5.92 Å². The first-order valence-corrected chi connectivity index (χ1v) is 6.12. The molecular formula is C12H18N2O3. The van der Waals surface area contributed by atoms with Gasteiger partial charge in [-0.05, 0) is 19.3 Å². The SMILES string of the molecule is CN1CC(=O)N(CCC2CCCC2=O)CC1=O. The molecule has 0 bridgehead atoms. The lowest BCUT2D eigenvalue weighted by molar-refractivity contribution is -0.149. The maximum Gasteiger partial charge on any atom is 0.242 e. The second kappa shape index (κ2) is 4.85. The van der Waals surface area contributed by atoms with Crippen LogP contribution in [0.2, 0.25) is 0 Å². The van der Waals surface area contributed by atoms with Crippen molar-refractivity contribution in [1.82, 2.24) is 9.80 Å². The van der Waals surface area contributed by atoms with Gasteiger partial charge in [0.15, 0.2) is 0 Å². The lowest BCUT2D eigenvalue weighted by Crippen LogP contribution is -2.52. The Morgan fingerprint density at radius 2 is 1.94 bits per heavy atom. The second-order valence-electron chi connectivity index (χ2n) is 4.91. The van der Waals surface area contributed by atoms with Crippen molar-refractivity contribution < 1.29 is 14.4 Å². The summed E-state index contributed by atoms with van der Waals surface area (Å²) in [6.07, 6.45) is 3.30. The van der Waals surface area contributed by atoms with Crippen molar-refractivity contribution in [3.8, 4) is 0 Å². The zero-order chi connectivity index (χ0) is 12.4. The van der Waals surface area contributed by atoms with Gasteiger partial charge in [-0.2, -0.15) is 0 Å². The van der Waals surface area contributed by atoms with Crippen molar-refractivity contribution in [2.24, 2.45) is 5.92 Å². The highest BCUT2D eigenvalue weighted by Crippen LogP contribution is 2.24. The molecule has 0 radical (unpaired) electrons. The van der Waals surface area contributed by atoms with Crippen LogP contribution < -0.4 is 0 Å². The van der Waals surface area contributed by atoms with E-state index in [1.165, 1.54) is 4.90 Å². The van der Waals surface area contributed by atoms with E-state index in [1.54, 1.807) is 11.9 Å². The molecule has 1 saturated heterocycles. The van der Waals surface area contributed by atoms with Gasteiger partial charge in [0.25, 0.3) is 0 Å². The number of hydrogen-bond donors (Lipinski definition) is 0. The lowest BCUT2D eigenvalue weighted by atomic mass is 10.0. The monoisotopic (exact) mass is 238 g/mol. The van der Waals surface area contributed by atoms with Gasteiger partial charge in [-0.3, -0.25) is 14.4 Å². The molecule has 2 rings (SSSR count). The van der Waals surface area contributed by atoms with Crippen LogP contribution >= 0.6 is 0 Å². The molecule has 0 aromatic heterocycles. The number of carbonyl (C=O) groups is 3. The third-order valence-corrected chi connectivity index (χ3v) is 3.66. The van der Waals surface area contributed by atoms with Gasteiger partial charge in [-0.25, -0.2) is 0 Å². The van der Waals surface area contributed by atoms with Crippen molar-refractivity contribution in [2.45, 2.75) is 25.7 Å². The Bertz CT molecular complexity index is 354. The number of Topliss-reactive ketones (excluding diaryl/α,β-unsaturated/α-hetero) is 1. The fourth-order valence-corrected chi connectivity index (χ4v) is 2.47. The average Bonchev–Trinajstić information content (AvgIpc) is 2.68. The molecule has 5 heteroatoms. The topological polar surface area (TPSA) is 57.7 Å².